The minimum Gasteiger partial charge on any atom is -0.488 e. The average molecular weight is 321 g/mol. The molecule has 126 valence electrons. The second kappa shape index (κ2) is 6.89. The Morgan fingerprint density at radius 1 is 1.17 bits per heavy atom. The van der Waals surface area contributed by atoms with Crippen LogP contribution in [-0.4, -0.2) is 34.9 Å². The van der Waals surface area contributed by atoms with Crippen LogP contribution in [0.25, 0.3) is 0 Å². The lowest BCUT2D eigenvalue weighted by Crippen LogP contribution is -2.49. The van der Waals surface area contributed by atoms with Gasteiger partial charge in [-0.05, 0) is 45.7 Å². The lowest BCUT2D eigenvalue weighted by atomic mass is 10.0. The Labute approximate surface area is 135 Å². The first-order valence-electron chi connectivity index (χ1n) is 7.70. The molecule has 1 aliphatic carbocycles. The zero-order chi connectivity index (χ0) is 17.0. The van der Waals surface area contributed by atoms with Gasteiger partial charge in [0.25, 0.3) is 0 Å². The van der Waals surface area contributed by atoms with E-state index in [1.54, 1.807) is 32.9 Å². The second-order valence-corrected chi connectivity index (χ2v) is 6.66. The monoisotopic (exact) mass is 321 g/mol. The van der Waals surface area contributed by atoms with Crippen molar-refractivity contribution in [2.75, 3.05) is 0 Å². The standard InChI is InChI=1S/C17H23NO5/c1-17(2,3)23-16(21)18-14-12(15(19)20)9-10-13(14)22-11-7-5-4-6-8-11/h4-8,12-14H,9-10H2,1-3H3,(H,18,21)(H,19,20)/t12-,13+,14+/m1/s1. The van der Waals surface area contributed by atoms with Crippen molar-refractivity contribution in [3.63, 3.8) is 0 Å². The van der Waals surface area contributed by atoms with Crippen LogP contribution in [0.5, 0.6) is 5.75 Å². The molecule has 6 nitrogen and oxygen atoms in total. The highest BCUT2D eigenvalue weighted by Gasteiger charge is 2.43. The molecule has 1 saturated carbocycles. The van der Waals surface area contributed by atoms with E-state index >= 15 is 0 Å². The Hall–Kier alpha value is -2.24. The molecule has 0 saturated heterocycles. The molecule has 1 aliphatic rings. The van der Waals surface area contributed by atoms with Crippen molar-refractivity contribution in [2.45, 2.75) is 51.4 Å². The Morgan fingerprint density at radius 2 is 1.83 bits per heavy atom. The van der Waals surface area contributed by atoms with Crippen LogP contribution in [0.2, 0.25) is 0 Å². The molecule has 0 heterocycles. The van der Waals surface area contributed by atoms with Gasteiger partial charge in [0.15, 0.2) is 0 Å². The quantitative estimate of drug-likeness (QED) is 0.891. The molecule has 6 heteroatoms. The third-order valence-electron chi connectivity index (χ3n) is 3.63. The van der Waals surface area contributed by atoms with Gasteiger partial charge in [0, 0.05) is 0 Å². The maximum Gasteiger partial charge on any atom is 0.408 e. The van der Waals surface area contributed by atoms with Crippen LogP contribution in [0.15, 0.2) is 30.3 Å². The van der Waals surface area contributed by atoms with E-state index in [0.717, 1.165) is 0 Å². The fourth-order valence-electron chi connectivity index (χ4n) is 2.68. The van der Waals surface area contributed by atoms with E-state index in [2.05, 4.69) is 5.32 Å². The SMILES string of the molecule is CC(C)(C)OC(=O)N[C@@H]1[C@@H](Oc2ccccc2)CC[C@H]1C(=O)O. The molecule has 1 aromatic rings. The number of rotatable bonds is 4. The Balaban J connectivity index is 2.08. The van der Waals surface area contributed by atoms with Crippen LogP contribution >= 0.6 is 0 Å². The highest BCUT2D eigenvalue weighted by Crippen LogP contribution is 2.30. The number of amides is 1. The van der Waals surface area contributed by atoms with Gasteiger partial charge < -0.3 is 19.9 Å². The molecule has 0 bridgehead atoms. The summed E-state index contributed by atoms with van der Waals surface area (Å²) < 4.78 is 11.1. The Morgan fingerprint density at radius 3 is 2.39 bits per heavy atom. The number of hydrogen-bond donors (Lipinski definition) is 2. The van der Waals surface area contributed by atoms with E-state index in [0.29, 0.717) is 18.6 Å². The van der Waals surface area contributed by atoms with Crippen LogP contribution in [0.1, 0.15) is 33.6 Å². The smallest absolute Gasteiger partial charge is 0.408 e. The van der Waals surface area contributed by atoms with Crippen molar-refractivity contribution < 1.29 is 24.2 Å². The van der Waals surface area contributed by atoms with Crippen molar-refractivity contribution in [1.82, 2.24) is 5.32 Å². The Bertz CT molecular complexity index is 552. The molecule has 2 N–H and O–H groups in total. The van der Waals surface area contributed by atoms with E-state index in [1.807, 2.05) is 18.2 Å². The largest absolute Gasteiger partial charge is 0.488 e. The van der Waals surface area contributed by atoms with Crippen LogP contribution < -0.4 is 10.1 Å². The van der Waals surface area contributed by atoms with Gasteiger partial charge in [-0.3, -0.25) is 4.79 Å². The molecule has 0 spiro atoms. The van der Waals surface area contributed by atoms with Gasteiger partial charge >= 0.3 is 12.1 Å². The van der Waals surface area contributed by atoms with E-state index < -0.39 is 35.7 Å². The summed E-state index contributed by atoms with van der Waals surface area (Å²) in [6, 6.07) is 8.54. The van der Waals surface area contributed by atoms with Crippen LogP contribution in [0, 0.1) is 5.92 Å². The number of nitrogens with one attached hydrogen (secondary N) is 1. The molecule has 0 aliphatic heterocycles. The summed E-state index contributed by atoms with van der Waals surface area (Å²) in [5, 5.41) is 12.0. The predicted octanol–water partition coefficient (Wildman–Crippen LogP) is 2.82. The molecular weight excluding hydrogens is 298 g/mol. The summed E-state index contributed by atoms with van der Waals surface area (Å²) in [7, 11) is 0. The molecule has 1 amide bonds. The number of carbonyl (C=O) groups excluding carboxylic acids is 1. The third kappa shape index (κ3) is 4.87. The van der Waals surface area contributed by atoms with Gasteiger partial charge in [-0.15, -0.1) is 0 Å². The first-order valence-corrected chi connectivity index (χ1v) is 7.70. The van der Waals surface area contributed by atoms with Crippen molar-refractivity contribution in [2.24, 2.45) is 5.92 Å². The van der Waals surface area contributed by atoms with E-state index in [9.17, 15) is 14.7 Å². The fourth-order valence-corrected chi connectivity index (χ4v) is 2.68. The zero-order valence-electron chi connectivity index (χ0n) is 13.6. The molecular formula is C17H23NO5. The fraction of sp³-hybridized carbons (Fsp3) is 0.529. The normalized spacial score (nSPS) is 24.0. The summed E-state index contributed by atoms with van der Waals surface area (Å²) in [5.41, 5.74) is -0.642. The number of carbonyl (C=O) groups is 2. The number of carboxylic acid groups (broad SMARTS) is 1. The predicted molar refractivity (Wildman–Crippen MR) is 84.4 cm³/mol. The molecule has 2 rings (SSSR count). The molecule has 0 unspecified atom stereocenters. The van der Waals surface area contributed by atoms with Gasteiger partial charge in [-0.2, -0.15) is 0 Å². The van der Waals surface area contributed by atoms with Gasteiger partial charge in [0.05, 0.1) is 12.0 Å². The van der Waals surface area contributed by atoms with Crippen LogP contribution in [-0.2, 0) is 9.53 Å². The van der Waals surface area contributed by atoms with Crippen LogP contribution in [0.3, 0.4) is 0 Å². The van der Waals surface area contributed by atoms with Crippen molar-refractivity contribution in [3.8, 4) is 5.75 Å². The van der Waals surface area contributed by atoms with Gasteiger partial charge in [0.1, 0.15) is 17.5 Å². The number of carboxylic acids is 1. The Kier molecular flexibility index (Phi) is 5.13. The highest BCUT2D eigenvalue weighted by molar-refractivity contribution is 5.74. The minimum atomic E-state index is -0.940. The molecule has 3 atom stereocenters. The number of para-hydroxylation sites is 1. The molecule has 1 aromatic carbocycles. The van der Waals surface area contributed by atoms with Crippen molar-refractivity contribution in [1.29, 1.82) is 0 Å². The summed E-state index contributed by atoms with van der Waals surface area (Å²) in [6.45, 7) is 5.27. The van der Waals surface area contributed by atoms with Crippen molar-refractivity contribution in [3.05, 3.63) is 30.3 Å². The van der Waals surface area contributed by atoms with Gasteiger partial charge in [0.2, 0.25) is 0 Å². The second-order valence-electron chi connectivity index (χ2n) is 6.66. The number of benzene rings is 1. The maximum atomic E-state index is 12.0. The summed E-state index contributed by atoms with van der Waals surface area (Å²) >= 11 is 0. The van der Waals surface area contributed by atoms with Crippen LogP contribution in [0.4, 0.5) is 4.79 Å². The summed E-state index contributed by atoms with van der Waals surface area (Å²) in [6.07, 6.45) is -0.0112. The lowest BCUT2D eigenvalue weighted by molar-refractivity contribution is -0.142. The first kappa shape index (κ1) is 17.1. The summed E-state index contributed by atoms with van der Waals surface area (Å²) in [4.78, 5) is 23.4. The molecule has 23 heavy (non-hydrogen) atoms. The van der Waals surface area contributed by atoms with Gasteiger partial charge in [-0.25, -0.2) is 4.79 Å². The average Bonchev–Trinajstić information content (AvgIpc) is 2.81. The third-order valence-corrected chi connectivity index (χ3v) is 3.63. The van der Waals surface area contributed by atoms with Gasteiger partial charge in [-0.1, -0.05) is 18.2 Å². The first-order chi connectivity index (χ1) is 10.8. The van der Waals surface area contributed by atoms with E-state index in [4.69, 9.17) is 9.47 Å². The molecule has 0 radical (unpaired) electrons. The molecule has 1 fully saturated rings. The van der Waals surface area contributed by atoms with E-state index in [-0.39, 0.29) is 0 Å². The van der Waals surface area contributed by atoms with Crippen molar-refractivity contribution >= 4 is 12.1 Å². The zero-order valence-corrected chi connectivity index (χ0v) is 13.6. The highest BCUT2D eigenvalue weighted by atomic mass is 16.6. The van der Waals surface area contributed by atoms with E-state index in [1.165, 1.54) is 0 Å². The summed E-state index contributed by atoms with van der Waals surface area (Å²) in [5.74, 6) is -0.971. The number of ether oxygens (including phenoxy) is 2. The number of hydrogen-bond acceptors (Lipinski definition) is 4. The number of aliphatic carboxylic acids is 1. The number of alkyl carbamates (subject to hydrolysis) is 1. The molecule has 0 aromatic heterocycles. The minimum absolute atomic E-state index is 0.397. The lowest BCUT2D eigenvalue weighted by Gasteiger charge is -2.27. The maximum absolute atomic E-state index is 12.0. The topological polar surface area (TPSA) is 84.9 Å².